The molecule has 2 aromatic carbocycles. The van der Waals surface area contributed by atoms with Crippen molar-refractivity contribution in [1.29, 1.82) is 0 Å². The zero-order chi connectivity index (χ0) is 27.2. The summed E-state index contributed by atoms with van der Waals surface area (Å²) in [5.74, 6) is -2.65. The van der Waals surface area contributed by atoms with Gasteiger partial charge in [-0.1, -0.05) is 54.6 Å². The Labute approximate surface area is 221 Å². The molecule has 10 nitrogen and oxygen atoms in total. The number of rotatable bonds is 15. The van der Waals surface area contributed by atoms with Crippen LogP contribution in [-0.2, 0) is 43.4 Å². The molecular formula is C26H32N4O6S. The number of carboxylic acids is 1. The van der Waals surface area contributed by atoms with E-state index in [1.54, 1.807) is 43.3 Å². The second-order valence-electron chi connectivity index (χ2n) is 8.55. The molecule has 0 bridgehead atoms. The molecule has 4 amide bonds. The minimum atomic E-state index is -1.38. The first-order chi connectivity index (χ1) is 17.7. The van der Waals surface area contributed by atoms with Crippen molar-refractivity contribution in [2.45, 2.75) is 50.9 Å². The molecule has 0 radical (unpaired) electrons. The molecule has 2 aromatic rings. The summed E-state index contributed by atoms with van der Waals surface area (Å²) in [4.78, 5) is 60.4. The lowest BCUT2D eigenvalue weighted by atomic mass is 10.0. The Balaban J connectivity index is 2.10. The van der Waals surface area contributed by atoms with Crippen molar-refractivity contribution in [2.24, 2.45) is 0 Å². The van der Waals surface area contributed by atoms with Gasteiger partial charge in [0.1, 0.15) is 12.1 Å². The zero-order valence-corrected chi connectivity index (χ0v) is 21.4. The third kappa shape index (κ3) is 10.7. The Kier molecular flexibility index (Phi) is 12.1. The van der Waals surface area contributed by atoms with Gasteiger partial charge >= 0.3 is 5.97 Å². The second kappa shape index (κ2) is 15.3. The maximum absolute atomic E-state index is 13.1. The number of hydrogen-bond acceptors (Lipinski definition) is 6. The summed E-state index contributed by atoms with van der Waals surface area (Å²) in [5.41, 5.74) is 2.28. The standard InChI is InChI=1S/C26H32N4O6S/c1-17(15-37)28-25(35)21(11-18-5-3-2-4-6-18)30-26(36)22(13-24(33)34)29-23(32)12-19-7-9-20(10-8-19)14-27-16-31/h2-10,16-17,21-22,37H,11-15H2,1H3,(H,27,31)(H,28,35)(H,29,32)(H,30,36)(H,33,34)/t17-,21+,22+/m1/s1. The quantitative estimate of drug-likeness (QED) is 0.147. The monoisotopic (exact) mass is 528 g/mol. The molecule has 0 spiro atoms. The minimum absolute atomic E-state index is 0.0851. The van der Waals surface area contributed by atoms with E-state index >= 15 is 0 Å². The Morgan fingerprint density at radius 3 is 2.08 bits per heavy atom. The first kappa shape index (κ1) is 29.4. The molecule has 0 aliphatic rings. The summed E-state index contributed by atoms with van der Waals surface area (Å²) < 4.78 is 0. The predicted molar refractivity (Wildman–Crippen MR) is 141 cm³/mol. The maximum Gasteiger partial charge on any atom is 0.305 e. The van der Waals surface area contributed by atoms with Gasteiger partial charge in [0.25, 0.3) is 0 Å². The van der Waals surface area contributed by atoms with Crippen molar-refractivity contribution in [2.75, 3.05) is 5.75 Å². The third-order valence-electron chi connectivity index (χ3n) is 5.39. The maximum atomic E-state index is 13.1. The molecular weight excluding hydrogens is 496 g/mol. The van der Waals surface area contributed by atoms with Gasteiger partial charge in [0.05, 0.1) is 12.8 Å². The largest absolute Gasteiger partial charge is 0.481 e. The highest BCUT2D eigenvalue weighted by atomic mass is 32.1. The van der Waals surface area contributed by atoms with Crippen LogP contribution in [0.1, 0.15) is 30.0 Å². The van der Waals surface area contributed by atoms with Crippen LogP contribution in [0.5, 0.6) is 0 Å². The molecule has 198 valence electrons. The summed E-state index contributed by atoms with van der Waals surface area (Å²) in [6.07, 6.45) is 0.0273. The van der Waals surface area contributed by atoms with Crippen molar-refractivity contribution < 1.29 is 29.1 Å². The van der Waals surface area contributed by atoms with Crippen molar-refractivity contribution in [3.8, 4) is 0 Å². The van der Waals surface area contributed by atoms with Crippen molar-refractivity contribution in [3.05, 3.63) is 71.3 Å². The van der Waals surface area contributed by atoms with Gasteiger partial charge in [0, 0.05) is 24.8 Å². The Morgan fingerprint density at radius 1 is 0.865 bits per heavy atom. The smallest absolute Gasteiger partial charge is 0.305 e. The van der Waals surface area contributed by atoms with Gasteiger partial charge in [-0.3, -0.25) is 24.0 Å². The number of hydrogen-bond donors (Lipinski definition) is 6. The molecule has 2 rings (SSSR count). The van der Waals surface area contributed by atoms with Crippen LogP contribution in [0.25, 0.3) is 0 Å². The second-order valence-corrected chi connectivity index (χ2v) is 8.92. The van der Waals surface area contributed by atoms with Crippen LogP contribution in [0.4, 0.5) is 0 Å². The summed E-state index contributed by atoms with van der Waals surface area (Å²) >= 11 is 4.16. The fraction of sp³-hybridized carbons (Fsp3) is 0.346. The van der Waals surface area contributed by atoms with Crippen molar-refractivity contribution >= 4 is 42.7 Å². The molecule has 0 unspecified atom stereocenters. The Hall–Kier alpha value is -3.86. The molecule has 37 heavy (non-hydrogen) atoms. The van der Waals surface area contributed by atoms with E-state index < -0.39 is 42.2 Å². The summed E-state index contributed by atoms with van der Waals surface area (Å²) in [6.45, 7) is 2.12. The van der Waals surface area contributed by atoms with Crippen LogP contribution < -0.4 is 21.3 Å². The molecule has 0 saturated carbocycles. The lowest BCUT2D eigenvalue weighted by Crippen LogP contribution is -2.56. The molecule has 3 atom stereocenters. The highest BCUT2D eigenvalue weighted by molar-refractivity contribution is 7.80. The lowest BCUT2D eigenvalue weighted by molar-refractivity contribution is -0.141. The number of carbonyl (C=O) groups is 5. The van der Waals surface area contributed by atoms with Crippen molar-refractivity contribution in [3.63, 3.8) is 0 Å². The summed E-state index contributed by atoms with van der Waals surface area (Å²) in [7, 11) is 0. The van der Waals surface area contributed by atoms with Crippen LogP contribution in [0.3, 0.4) is 0 Å². The van der Waals surface area contributed by atoms with Crippen molar-refractivity contribution in [1.82, 2.24) is 21.3 Å². The first-order valence-electron chi connectivity index (χ1n) is 11.7. The van der Waals surface area contributed by atoms with E-state index in [2.05, 4.69) is 33.9 Å². The Morgan fingerprint density at radius 2 is 1.49 bits per heavy atom. The normalized spacial score (nSPS) is 12.9. The van der Waals surface area contributed by atoms with Crippen LogP contribution in [0, 0.1) is 0 Å². The Bertz CT molecular complexity index is 1060. The van der Waals surface area contributed by atoms with Gasteiger partial charge in [-0.15, -0.1) is 0 Å². The van der Waals surface area contributed by atoms with Crippen LogP contribution in [-0.4, -0.2) is 59.1 Å². The number of benzene rings is 2. The van der Waals surface area contributed by atoms with Gasteiger partial charge in [0.2, 0.25) is 24.1 Å². The number of aliphatic carboxylic acids is 1. The number of nitrogens with one attached hydrogen (secondary N) is 4. The number of amides is 4. The topological polar surface area (TPSA) is 154 Å². The van der Waals surface area contributed by atoms with E-state index in [1.807, 2.05) is 18.2 Å². The van der Waals surface area contributed by atoms with Gasteiger partial charge in [0.15, 0.2) is 0 Å². The van der Waals surface area contributed by atoms with E-state index in [4.69, 9.17) is 0 Å². The van der Waals surface area contributed by atoms with E-state index in [9.17, 15) is 29.1 Å². The summed E-state index contributed by atoms with van der Waals surface area (Å²) in [6, 6.07) is 13.4. The van der Waals surface area contributed by atoms with E-state index in [-0.39, 0.29) is 18.9 Å². The third-order valence-corrected chi connectivity index (χ3v) is 5.93. The van der Waals surface area contributed by atoms with Crippen LogP contribution in [0.2, 0.25) is 0 Å². The number of carbonyl (C=O) groups excluding carboxylic acids is 4. The molecule has 5 N–H and O–H groups in total. The van der Waals surface area contributed by atoms with E-state index in [1.165, 1.54) is 0 Å². The molecule has 0 fully saturated rings. The predicted octanol–water partition coefficient (Wildman–Crippen LogP) is 0.597. The molecule has 0 aromatic heterocycles. The minimum Gasteiger partial charge on any atom is -0.481 e. The summed E-state index contributed by atoms with van der Waals surface area (Å²) in [5, 5.41) is 19.7. The first-order valence-corrected chi connectivity index (χ1v) is 12.4. The number of thiol groups is 1. The van der Waals surface area contributed by atoms with Gasteiger partial charge in [-0.2, -0.15) is 12.6 Å². The molecule has 0 saturated heterocycles. The van der Waals surface area contributed by atoms with Crippen LogP contribution in [0.15, 0.2) is 54.6 Å². The average molecular weight is 529 g/mol. The molecule has 0 aliphatic heterocycles. The van der Waals surface area contributed by atoms with Crippen LogP contribution >= 0.6 is 12.6 Å². The van der Waals surface area contributed by atoms with Gasteiger partial charge < -0.3 is 26.4 Å². The molecule has 0 heterocycles. The van der Waals surface area contributed by atoms with E-state index in [0.29, 0.717) is 24.3 Å². The fourth-order valence-corrected chi connectivity index (χ4v) is 3.56. The fourth-order valence-electron chi connectivity index (χ4n) is 3.47. The molecule has 11 heteroatoms. The number of carboxylic acid groups (broad SMARTS) is 1. The highest BCUT2D eigenvalue weighted by Crippen LogP contribution is 2.08. The zero-order valence-electron chi connectivity index (χ0n) is 20.5. The SMILES string of the molecule is C[C@H](CS)NC(=O)[C@H](Cc1ccccc1)NC(=O)[C@H](CC(=O)O)NC(=O)Cc1ccc(CNC=O)cc1. The van der Waals surface area contributed by atoms with Gasteiger partial charge in [-0.05, 0) is 23.6 Å². The molecule has 0 aliphatic carbocycles. The lowest BCUT2D eigenvalue weighted by Gasteiger charge is -2.24. The van der Waals surface area contributed by atoms with E-state index in [0.717, 1.165) is 11.1 Å². The van der Waals surface area contributed by atoms with Gasteiger partial charge in [-0.25, -0.2) is 0 Å². The highest BCUT2D eigenvalue weighted by Gasteiger charge is 2.29. The average Bonchev–Trinajstić information content (AvgIpc) is 2.87.